The number of nitrogens with two attached hydrogens (primary N) is 1. The maximum absolute atomic E-state index is 11.5. The largest absolute Gasteiger partial charge is 0.465 e. The topological polar surface area (TPSA) is 61.6 Å². The standard InChI is InChI=1S/C12H23NO3/c1-9(2)11(13)12(14)16-8-5-10-3-6-15-7-4-10/h9-11H,3-8,13H2,1-2H3. The second-order valence-corrected chi connectivity index (χ2v) is 4.78. The lowest BCUT2D eigenvalue weighted by molar-refractivity contribution is -0.146. The highest BCUT2D eigenvalue weighted by molar-refractivity contribution is 5.75. The molecule has 4 heteroatoms. The summed E-state index contributed by atoms with van der Waals surface area (Å²) in [6.45, 7) is 6.01. The van der Waals surface area contributed by atoms with Crippen molar-refractivity contribution in [3.8, 4) is 0 Å². The average molecular weight is 229 g/mol. The van der Waals surface area contributed by atoms with Crippen molar-refractivity contribution < 1.29 is 14.3 Å². The molecule has 0 spiro atoms. The molecule has 16 heavy (non-hydrogen) atoms. The molecule has 0 bridgehead atoms. The van der Waals surface area contributed by atoms with Crippen LogP contribution in [0.1, 0.15) is 33.1 Å². The first kappa shape index (κ1) is 13.5. The lowest BCUT2D eigenvalue weighted by Crippen LogP contribution is -2.37. The Morgan fingerprint density at radius 3 is 2.62 bits per heavy atom. The maximum Gasteiger partial charge on any atom is 0.323 e. The molecule has 0 aromatic heterocycles. The van der Waals surface area contributed by atoms with Gasteiger partial charge < -0.3 is 15.2 Å². The van der Waals surface area contributed by atoms with Crippen molar-refractivity contribution in [1.82, 2.24) is 0 Å². The Bertz CT molecular complexity index is 212. The van der Waals surface area contributed by atoms with Crippen molar-refractivity contribution in [1.29, 1.82) is 0 Å². The second-order valence-electron chi connectivity index (χ2n) is 4.78. The zero-order valence-electron chi connectivity index (χ0n) is 10.3. The van der Waals surface area contributed by atoms with E-state index < -0.39 is 6.04 Å². The van der Waals surface area contributed by atoms with Gasteiger partial charge in [0, 0.05) is 13.2 Å². The molecule has 1 aliphatic heterocycles. The fourth-order valence-electron chi connectivity index (χ4n) is 1.73. The van der Waals surface area contributed by atoms with Gasteiger partial charge in [-0.15, -0.1) is 0 Å². The summed E-state index contributed by atoms with van der Waals surface area (Å²) < 4.78 is 10.4. The summed E-state index contributed by atoms with van der Waals surface area (Å²) >= 11 is 0. The number of hydrogen-bond acceptors (Lipinski definition) is 4. The zero-order valence-corrected chi connectivity index (χ0v) is 10.3. The predicted octanol–water partition coefficient (Wildman–Crippen LogP) is 1.33. The van der Waals surface area contributed by atoms with E-state index in [1.54, 1.807) is 0 Å². The van der Waals surface area contributed by atoms with Crippen molar-refractivity contribution >= 4 is 5.97 Å². The first-order chi connectivity index (χ1) is 7.61. The fourth-order valence-corrected chi connectivity index (χ4v) is 1.73. The Labute approximate surface area is 97.5 Å². The Morgan fingerprint density at radius 2 is 2.06 bits per heavy atom. The molecule has 1 atom stereocenters. The minimum atomic E-state index is -0.491. The number of carbonyl (C=O) groups is 1. The van der Waals surface area contributed by atoms with Gasteiger partial charge in [0.25, 0.3) is 0 Å². The molecule has 0 aliphatic carbocycles. The van der Waals surface area contributed by atoms with Gasteiger partial charge in [0.15, 0.2) is 0 Å². The molecular formula is C12H23NO3. The van der Waals surface area contributed by atoms with Crippen LogP contribution < -0.4 is 5.73 Å². The van der Waals surface area contributed by atoms with Crippen LogP contribution in [0.2, 0.25) is 0 Å². The average Bonchev–Trinajstić information content (AvgIpc) is 2.29. The maximum atomic E-state index is 11.5. The van der Waals surface area contributed by atoms with Crippen LogP contribution in [0.3, 0.4) is 0 Å². The van der Waals surface area contributed by atoms with Crippen LogP contribution in [0.4, 0.5) is 0 Å². The molecule has 0 aromatic carbocycles. The van der Waals surface area contributed by atoms with Gasteiger partial charge in [-0.1, -0.05) is 13.8 Å². The number of hydrogen-bond donors (Lipinski definition) is 1. The van der Waals surface area contributed by atoms with Gasteiger partial charge in [0.1, 0.15) is 6.04 Å². The Hall–Kier alpha value is -0.610. The van der Waals surface area contributed by atoms with E-state index in [1.165, 1.54) is 0 Å². The van der Waals surface area contributed by atoms with E-state index in [2.05, 4.69) is 0 Å². The fraction of sp³-hybridized carbons (Fsp3) is 0.917. The first-order valence-corrected chi connectivity index (χ1v) is 6.11. The highest BCUT2D eigenvalue weighted by Crippen LogP contribution is 2.18. The van der Waals surface area contributed by atoms with Gasteiger partial charge in [-0.25, -0.2) is 0 Å². The Balaban J connectivity index is 2.12. The molecule has 1 aliphatic rings. The molecule has 4 nitrogen and oxygen atoms in total. The quantitative estimate of drug-likeness (QED) is 0.722. The normalized spacial score (nSPS) is 19.8. The third-order valence-electron chi connectivity index (χ3n) is 3.10. The minimum Gasteiger partial charge on any atom is -0.465 e. The van der Waals surface area contributed by atoms with E-state index in [-0.39, 0.29) is 11.9 Å². The van der Waals surface area contributed by atoms with Crippen molar-refractivity contribution in [2.45, 2.75) is 39.2 Å². The smallest absolute Gasteiger partial charge is 0.323 e. The third kappa shape index (κ3) is 4.49. The van der Waals surface area contributed by atoms with Crippen LogP contribution in [0, 0.1) is 11.8 Å². The summed E-state index contributed by atoms with van der Waals surface area (Å²) in [4.78, 5) is 11.5. The molecule has 2 N–H and O–H groups in total. The van der Waals surface area contributed by atoms with Crippen molar-refractivity contribution in [2.24, 2.45) is 17.6 Å². The number of ether oxygens (including phenoxy) is 2. The van der Waals surface area contributed by atoms with E-state index >= 15 is 0 Å². The lowest BCUT2D eigenvalue weighted by Gasteiger charge is -2.22. The highest BCUT2D eigenvalue weighted by Gasteiger charge is 2.19. The molecule has 94 valence electrons. The Morgan fingerprint density at radius 1 is 1.44 bits per heavy atom. The summed E-state index contributed by atoms with van der Waals surface area (Å²) in [5.41, 5.74) is 5.68. The van der Waals surface area contributed by atoms with Gasteiger partial charge in [0.05, 0.1) is 6.61 Å². The molecule has 0 radical (unpaired) electrons. The Kier molecular flexibility index (Phi) is 5.77. The molecule has 0 amide bonds. The summed E-state index contributed by atoms with van der Waals surface area (Å²) in [5, 5.41) is 0. The number of carbonyl (C=O) groups excluding carboxylic acids is 1. The molecule has 0 saturated carbocycles. The van der Waals surface area contributed by atoms with Crippen molar-refractivity contribution in [3.05, 3.63) is 0 Å². The minimum absolute atomic E-state index is 0.135. The SMILES string of the molecule is CC(C)C(N)C(=O)OCCC1CCOCC1. The van der Waals surface area contributed by atoms with Crippen LogP contribution in [-0.4, -0.2) is 31.8 Å². The van der Waals surface area contributed by atoms with Crippen molar-refractivity contribution in [3.63, 3.8) is 0 Å². The summed E-state index contributed by atoms with van der Waals surface area (Å²) in [6.07, 6.45) is 3.08. The third-order valence-corrected chi connectivity index (χ3v) is 3.10. The van der Waals surface area contributed by atoms with E-state index in [0.717, 1.165) is 32.5 Å². The van der Waals surface area contributed by atoms with Gasteiger partial charge in [0.2, 0.25) is 0 Å². The van der Waals surface area contributed by atoms with Gasteiger partial charge >= 0.3 is 5.97 Å². The van der Waals surface area contributed by atoms with Gasteiger partial charge in [-0.2, -0.15) is 0 Å². The molecular weight excluding hydrogens is 206 g/mol. The second kappa shape index (κ2) is 6.86. The summed E-state index contributed by atoms with van der Waals surface area (Å²) in [6, 6.07) is -0.491. The van der Waals surface area contributed by atoms with Crippen LogP contribution in [0.15, 0.2) is 0 Å². The van der Waals surface area contributed by atoms with Crippen LogP contribution in [0.25, 0.3) is 0 Å². The summed E-state index contributed by atoms with van der Waals surface area (Å²) in [7, 11) is 0. The molecule has 1 rings (SSSR count). The van der Waals surface area contributed by atoms with Crippen molar-refractivity contribution in [2.75, 3.05) is 19.8 Å². The van der Waals surface area contributed by atoms with E-state index in [9.17, 15) is 4.79 Å². The van der Waals surface area contributed by atoms with Gasteiger partial charge in [-0.3, -0.25) is 4.79 Å². The van der Waals surface area contributed by atoms with E-state index in [0.29, 0.717) is 12.5 Å². The number of rotatable bonds is 5. The highest BCUT2D eigenvalue weighted by atomic mass is 16.5. The lowest BCUT2D eigenvalue weighted by atomic mass is 9.97. The first-order valence-electron chi connectivity index (χ1n) is 6.11. The van der Waals surface area contributed by atoms with Crippen LogP contribution in [-0.2, 0) is 14.3 Å². The zero-order chi connectivity index (χ0) is 12.0. The number of esters is 1. The monoisotopic (exact) mass is 229 g/mol. The predicted molar refractivity (Wildman–Crippen MR) is 61.9 cm³/mol. The molecule has 1 fully saturated rings. The van der Waals surface area contributed by atoms with E-state index in [4.69, 9.17) is 15.2 Å². The molecule has 1 saturated heterocycles. The van der Waals surface area contributed by atoms with E-state index in [1.807, 2.05) is 13.8 Å². The van der Waals surface area contributed by atoms with Crippen LogP contribution in [0.5, 0.6) is 0 Å². The van der Waals surface area contributed by atoms with Crippen LogP contribution >= 0.6 is 0 Å². The molecule has 1 unspecified atom stereocenters. The molecule has 1 heterocycles. The summed E-state index contributed by atoms with van der Waals surface area (Å²) in [5.74, 6) is 0.495. The molecule has 0 aromatic rings. The van der Waals surface area contributed by atoms with Gasteiger partial charge in [-0.05, 0) is 31.1 Å².